The number of hydrogen-bond acceptors (Lipinski definition) is 7. The first-order chi connectivity index (χ1) is 16.2. The van der Waals surface area contributed by atoms with Gasteiger partial charge in [0.2, 0.25) is 5.91 Å². The van der Waals surface area contributed by atoms with E-state index in [1.54, 1.807) is 12.5 Å². The van der Waals surface area contributed by atoms with Gasteiger partial charge in [0, 0.05) is 36.2 Å². The van der Waals surface area contributed by atoms with Crippen molar-refractivity contribution >= 4 is 38.6 Å². The third-order valence-corrected chi connectivity index (χ3v) is 7.67. The molecule has 5 heterocycles. The van der Waals surface area contributed by atoms with Crippen LogP contribution in [0.3, 0.4) is 0 Å². The van der Waals surface area contributed by atoms with E-state index in [2.05, 4.69) is 20.2 Å². The largest absolute Gasteiger partial charge is 0.464 e. The monoisotopic (exact) mass is 462 g/mol. The first-order valence-corrected chi connectivity index (χ1v) is 12.5. The molecule has 2 saturated heterocycles. The molecule has 8 heteroatoms. The predicted octanol–water partition coefficient (Wildman–Crippen LogP) is 4.76. The molecule has 7 nitrogen and oxygen atoms in total. The van der Waals surface area contributed by atoms with E-state index in [4.69, 9.17) is 9.15 Å². The van der Waals surface area contributed by atoms with Crippen LogP contribution >= 0.6 is 11.3 Å². The number of rotatable bonds is 5. The maximum atomic E-state index is 13.3. The van der Waals surface area contributed by atoms with E-state index in [9.17, 15) is 4.79 Å². The van der Waals surface area contributed by atoms with Crippen LogP contribution in [-0.4, -0.2) is 46.5 Å². The Balaban J connectivity index is 1.18. The van der Waals surface area contributed by atoms with Gasteiger partial charge in [-0.05, 0) is 75.0 Å². The van der Waals surface area contributed by atoms with Crippen LogP contribution in [0.2, 0.25) is 0 Å². The number of piperidine rings is 2. The van der Waals surface area contributed by atoms with Gasteiger partial charge in [-0.15, -0.1) is 0 Å². The van der Waals surface area contributed by atoms with Crippen molar-refractivity contribution in [2.45, 2.75) is 38.1 Å². The van der Waals surface area contributed by atoms with Gasteiger partial charge in [0.25, 0.3) is 5.19 Å². The molecule has 6 rings (SSSR count). The Labute approximate surface area is 195 Å². The van der Waals surface area contributed by atoms with Crippen LogP contribution in [0.25, 0.3) is 21.3 Å². The van der Waals surface area contributed by atoms with Crippen molar-refractivity contribution in [3.05, 3.63) is 48.4 Å². The summed E-state index contributed by atoms with van der Waals surface area (Å²) in [5, 5.41) is 4.99. The van der Waals surface area contributed by atoms with Crippen molar-refractivity contribution in [3.63, 3.8) is 0 Å². The fourth-order valence-electron chi connectivity index (χ4n) is 5.09. The molecule has 170 valence electrons. The lowest BCUT2D eigenvalue weighted by atomic mass is 9.88. The number of amides is 1. The van der Waals surface area contributed by atoms with Crippen molar-refractivity contribution in [1.82, 2.24) is 20.2 Å². The molecule has 1 unspecified atom stereocenters. The Kier molecular flexibility index (Phi) is 5.47. The standard InChI is InChI=1S/C25H26N4O3S/c30-24-16(3-2-12-29(24)18-7-10-26-11-8-18)13-17-15-31-21-14-19(5-6-20(17)21)32-25-28-23-22(33-25)4-1-9-27-23/h1,4-6,9,14-16,18,26H,2-3,7-8,10-13H2. The summed E-state index contributed by atoms with van der Waals surface area (Å²) in [6.45, 7) is 2.90. The lowest BCUT2D eigenvalue weighted by Crippen LogP contribution is -2.51. The number of carbonyl (C=O) groups excluding carboxylic acids is 1. The molecular weight excluding hydrogens is 436 g/mol. The smallest absolute Gasteiger partial charge is 0.281 e. The van der Waals surface area contributed by atoms with Gasteiger partial charge in [-0.1, -0.05) is 11.3 Å². The van der Waals surface area contributed by atoms with Crippen LogP contribution in [0, 0.1) is 5.92 Å². The van der Waals surface area contributed by atoms with E-state index in [1.165, 1.54) is 11.3 Å². The third-order valence-electron chi connectivity index (χ3n) is 6.78. The quantitative estimate of drug-likeness (QED) is 0.460. The Morgan fingerprint density at radius 2 is 2.12 bits per heavy atom. The molecular formula is C25H26N4O3S. The number of pyridine rings is 1. The number of aromatic nitrogens is 2. The minimum absolute atomic E-state index is 0.0283. The van der Waals surface area contributed by atoms with Crippen LogP contribution < -0.4 is 10.1 Å². The van der Waals surface area contributed by atoms with E-state index in [1.807, 2.05) is 30.3 Å². The molecule has 2 fully saturated rings. The predicted molar refractivity (Wildman–Crippen MR) is 128 cm³/mol. The fourth-order valence-corrected chi connectivity index (χ4v) is 5.89. The first-order valence-electron chi connectivity index (χ1n) is 11.7. The Morgan fingerprint density at radius 1 is 1.21 bits per heavy atom. The highest BCUT2D eigenvalue weighted by Gasteiger charge is 2.34. The number of benzene rings is 1. The second-order valence-electron chi connectivity index (χ2n) is 8.88. The van der Waals surface area contributed by atoms with Crippen LogP contribution in [0.15, 0.2) is 47.2 Å². The highest BCUT2D eigenvalue weighted by molar-refractivity contribution is 7.20. The summed E-state index contributed by atoms with van der Waals surface area (Å²) in [6.07, 6.45) is 8.38. The van der Waals surface area contributed by atoms with Gasteiger partial charge in [0.1, 0.15) is 11.3 Å². The maximum absolute atomic E-state index is 13.3. The summed E-state index contributed by atoms with van der Waals surface area (Å²) in [6, 6.07) is 10.1. The molecule has 0 bridgehead atoms. The van der Waals surface area contributed by atoms with E-state index in [0.29, 0.717) is 28.5 Å². The van der Waals surface area contributed by atoms with Crippen LogP contribution in [0.5, 0.6) is 10.9 Å². The average molecular weight is 463 g/mol. The number of carbonyl (C=O) groups is 1. The van der Waals surface area contributed by atoms with E-state index >= 15 is 0 Å². The van der Waals surface area contributed by atoms with Gasteiger partial charge < -0.3 is 19.4 Å². The Hall–Kier alpha value is -2.97. The molecule has 33 heavy (non-hydrogen) atoms. The maximum Gasteiger partial charge on any atom is 0.281 e. The number of furan rings is 1. The van der Waals surface area contributed by atoms with E-state index in [-0.39, 0.29) is 5.92 Å². The van der Waals surface area contributed by atoms with Gasteiger partial charge in [-0.25, -0.2) is 4.98 Å². The summed E-state index contributed by atoms with van der Waals surface area (Å²) in [7, 11) is 0. The van der Waals surface area contributed by atoms with Gasteiger partial charge in [-0.3, -0.25) is 4.79 Å². The summed E-state index contributed by atoms with van der Waals surface area (Å²) < 4.78 is 12.8. The fraction of sp³-hybridized carbons (Fsp3) is 0.400. The SMILES string of the molecule is O=C1C(Cc2coc3cc(Oc4nc5ncccc5s4)ccc23)CCCN1C1CCNCC1. The normalized spacial score (nSPS) is 20.1. The van der Waals surface area contributed by atoms with Crippen molar-refractivity contribution in [2.24, 2.45) is 5.92 Å². The highest BCUT2D eigenvalue weighted by Crippen LogP contribution is 2.34. The van der Waals surface area contributed by atoms with Gasteiger partial charge in [0.05, 0.1) is 11.0 Å². The number of nitrogens with zero attached hydrogens (tertiary/aromatic N) is 3. The Morgan fingerprint density at radius 3 is 3.00 bits per heavy atom. The number of thiazole rings is 1. The molecule has 2 aliphatic heterocycles. The van der Waals surface area contributed by atoms with Crippen molar-refractivity contribution in [3.8, 4) is 10.9 Å². The third kappa shape index (κ3) is 4.09. The number of hydrogen-bond donors (Lipinski definition) is 1. The lowest BCUT2D eigenvalue weighted by Gasteiger charge is -2.40. The first kappa shape index (κ1) is 20.6. The molecule has 4 aromatic rings. The molecule has 1 aromatic carbocycles. The molecule has 0 radical (unpaired) electrons. The summed E-state index contributed by atoms with van der Waals surface area (Å²) >= 11 is 1.47. The molecule has 1 amide bonds. The van der Waals surface area contributed by atoms with E-state index in [0.717, 1.165) is 73.0 Å². The van der Waals surface area contributed by atoms with Crippen molar-refractivity contribution in [1.29, 1.82) is 0 Å². The van der Waals surface area contributed by atoms with Gasteiger partial charge >= 0.3 is 0 Å². The average Bonchev–Trinajstić information content (AvgIpc) is 3.44. The van der Waals surface area contributed by atoms with Gasteiger partial charge in [-0.2, -0.15) is 4.98 Å². The number of fused-ring (bicyclic) bond motifs is 2. The molecule has 0 saturated carbocycles. The molecule has 0 spiro atoms. The minimum Gasteiger partial charge on any atom is -0.464 e. The molecule has 2 aliphatic rings. The van der Waals surface area contributed by atoms with Crippen LogP contribution in [0.1, 0.15) is 31.2 Å². The summed E-state index contributed by atoms with van der Waals surface area (Å²) in [5.41, 5.74) is 2.54. The summed E-state index contributed by atoms with van der Waals surface area (Å²) in [4.78, 5) is 24.1. The second-order valence-corrected chi connectivity index (χ2v) is 9.88. The molecule has 1 N–H and O–H groups in total. The topological polar surface area (TPSA) is 80.5 Å². The molecule has 1 atom stereocenters. The molecule has 3 aromatic heterocycles. The van der Waals surface area contributed by atoms with Crippen LogP contribution in [0.4, 0.5) is 0 Å². The summed E-state index contributed by atoms with van der Waals surface area (Å²) in [5.74, 6) is 1.01. The van der Waals surface area contributed by atoms with E-state index < -0.39 is 0 Å². The number of ether oxygens (including phenoxy) is 1. The molecule has 0 aliphatic carbocycles. The lowest BCUT2D eigenvalue weighted by molar-refractivity contribution is -0.141. The number of nitrogens with one attached hydrogen (secondary N) is 1. The van der Waals surface area contributed by atoms with Crippen LogP contribution in [-0.2, 0) is 11.2 Å². The highest BCUT2D eigenvalue weighted by atomic mass is 32.1. The minimum atomic E-state index is 0.0283. The van der Waals surface area contributed by atoms with Crippen molar-refractivity contribution < 1.29 is 13.9 Å². The second kappa shape index (κ2) is 8.76. The zero-order valence-electron chi connectivity index (χ0n) is 18.3. The number of likely N-dealkylation sites (tertiary alicyclic amines) is 1. The van der Waals surface area contributed by atoms with Crippen molar-refractivity contribution in [2.75, 3.05) is 19.6 Å². The Bertz CT molecular complexity index is 1260. The zero-order chi connectivity index (χ0) is 22.2. The van der Waals surface area contributed by atoms with Gasteiger partial charge in [0.15, 0.2) is 5.65 Å². The zero-order valence-corrected chi connectivity index (χ0v) is 19.1.